The normalized spacial score (nSPS) is 36.5. The highest BCUT2D eigenvalue weighted by molar-refractivity contribution is 5.66. The SMILES string of the molecule is O=C=C1CC12COCCCN2. The molecule has 3 heteroatoms. The van der Waals surface area contributed by atoms with E-state index in [1.165, 1.54) is 0 Å². The lowest BCUT2D eigenvalue weighted by Gasteiger charge is -2.10. The molecule has 1 aliphatic carbocycles. The van der Waals surface area contributed by atoms with Crippen molar-refractivity contribution < 1.29 is 9.53 Å². The number of hydrogen-bond donors (Lipinski definition) is 1. The van der Waals surface area contributed by atoms with E-state index in [-0.39, 0.29) is 5.54 Å². The maximum Gasteiger partial charge on any atom is 0.125 e. The summed E-state index contributed by atoms with van der Waals surface area (Å²) in [6.45, 7) is 2.41. The number of carbonyl (C=O) groups excluding carboxylic acids is 1. The third-order valence-electron chi connectivity index (χ3n) is 2.33. The summed E-state index contributed by atoms with van der Waals surface area (Å²) in [5.74, 6) is 1.95. The molecule has 1 saturated heterocycles. The molecule has 2 fully saturated rings. The van der Waals surface area contributed by atoms with Crippen LogP contribution in [-0.4, -0.2) is 31.2 Å². The van der Waals surface area contributed by atoms with E-state index >= 15 is 0 Å². The smallest absolute Gasteiger partial charge is 0.125 e. The molecule has 2 aliphatic rings. The van der Waals surface area contributed by atoms with Crippen molar-refractivity contribution in [1.29, 1.82) is 0 Å². The lowest BCUT2D eigenvalue weighted by molar-refractivity contribution is 0.129. The molecule has 2 rings (SSSR count). The minimum atomic E-state index is -0.0990. The van der Waals surface area contributed by atoms with Gasteiger partial charge < -0.3 is 10.1 Å². The van der Waals surface area contributed by atoms with Crippen molar-refractivity contribution in [2.45, 2.75) is 18.4 Å². The van der Waals surface area contributed by atoms with Gasteiger partial charge in [0.1, 0.15) is 5.94 Å². The van der Waals surface area contributed by atoms with Crippen LogP contribution in [0.15, 0.2) is 5.57 Å². The molecule has 0 aromatic heterocycles. The van der Waals surface area contributed by atoms with E-state index in [0.717, 1.165) is 31.6 Å². The van der Waals surface area contributed by atoms with Gasteiger partial charge >= 0.3 is 0 Å². The molecule has 1 N–H and O–H groups in total. The van der Waals surface area contributed by atoms with Crippen LogP contribution in [0.3, 0.4) is 0 Å². The van der Waals surface area contributed by atoms with Gasteiger partial charge in [0.25, 0.3) is 0 Å². The number of nitrogens with one attached hydrogen (secondary N) is 1. The summed E-state index contributed by atoms with van der Waals surface area (Å²) in [6, 6.07) is 0. The van der Waals surface area contributed by atoms with Gasteiger partial charge in [0, 0.05) is 18.6 Å². The summed E-state index contributed by atoms with van der Waals surface area (Å²) >= 11 is 0. The van der Waals surface area contributed by atoms with Crippen LogP contribution in [0.25, 0.3) is 0 Å². The average molecular weight is 153 g/mol. The molecule has 0 aromatic rings. The maximum absolute atomic E-state index is 10.3. The van der Waals surface area contributed by atoms with Crippen LogP contribution in [0.1, 0.15) is 12.8 Å². The van der Waals surface area contributed by atoms with Crippen LogP contribution < -0.4 is 5.32 Å². The maximum atomic E-state index is 10.3. The first kappa shape index (κ1) is 7.04. The van der Waals surface area contributed by atoms with Gasteiger partial charge in [0.2, 0.25) is 0 Å². The van der Waals surface area contributed by atoms with Gasteiger partial charge in [-0.2, -0.15) is 0 Å². The van der Waals surface area contributed by atoms with E-state index in [1.54, 1.807) is 0 Å². The zero-order chi connectivity index (χ0) is 7.73. The van der Waals surface area contributed by atoms with Crippen molar-refractivity contribution in [2.75, 3.05) is 19.8 Å². The molecule has 11 heavy (non-hydrogen) atoms. The fourth-order valence-corrected chi connectivity index (χ4v) is 1.50. The third-order valence-corrected chi connectivity index (χ3v) is 2.33. The highest BCUT2D eigenvalue weighted by atomic mass is 16.5. The average Bonchev–Trinajstić information content (AvgIpc) is 2.76. The molecule has 0 aromatic carbocycles. The lowest BCUT2D eigenvalue weighted by Crippen LogP contribution is -2.34. The molecule has 0 bridgehead atoms. The molecular weight excluding hydrogens is 142 g/mol. The van der Waals surface area contributed by atoms with E-state index in [4.69, 9.17) is 4.74 Å². The molecule has 1 unspecified atom stereocenters. The Hall–Kier alpha value is -0.630. The molecule has 1 atom stereocenters. The predicted molar refractivity (Wildman–Crippen MR) is 40.0 cm³/mol. The molecule has 1 saturated carbocycles. The zero-order valence-electron chi connectivity index (χ0n) is 6.35. The standard InChI is InChI=1S/C8H11NO2/c10-5-7-4-8(7)6-11-3-1-2-9-8/h9H,1-4,6H2. The quantitative estimate of drug-likeness (QED) is 0.494. The Morgan fingerprint density at radius 1 is 1.64 bits per heavy atom. The van der Waals surface area contributed by atoms with Crippen molar-refractivity contribution in [1.82, 2.24) is 5.32 Å². The number of ether oxygens (including phenoxy) is 1. The Bertz CT molecular complexity index is 210. The second kappa shape index (κ2) is 2.45. The molecule has 3 nitrogen and oxygen atoms in total. The predicted octanol–water partition coefficient (Wildman–Crippen LogP) is -0.103. The first-order chi connectivity index (χ1) is 5.37. The Morgan fingerprint density at radius 2 is 2.55 bits per heavy atom. The number of rotatable bonds is 0. The van der Waals surface area contributed by atoms with Crippen molar-refractivity contribution in [2.24, 2.45) is 0 Å². The van der Waals surface area contributed by atoms with E-state index in [2.05, 4.69) is 5.32 Å². The summed E-state index contributed by atoms with van der Waals surface area (Å²) in [4.78, 5) is 10.3. The fourth-order valence-electron chi connectivity index (χ4n) is 1.50. The summed E-state index contributed by atoms with van der Waals surface area (Å²) in [7, 11) is 0. The Morgan fingerprint density at radius 3 is 3.27 bits per heavy atom. The van der Waals surface area contributed by atoms with Gasteiger partial charge in [0.15, 0.2) is 0 Å². The second-order valence-corrected chi connectivity index (χ2v) is 3.17. The second-order valence-electron chi connectivity index (χ2n) is 3.17. The largest absolute Gasteiger partial charge is 0.379 e. The van der Waals surface area contributed by atoms with E-state index in [9.17, 15) is 4.79 Å². The summed E-state index contributed by atoms with van der Waals surface area (Å²) < 4.78 is 5.34. The highest BCUT2D eigenvalue weighted by Gasteiger charge is 2.50. The Kier molecular flexibility index (Phi) is 1.57. The van der Waals surface area contributed by atoms with Crippen molar-refractivity contribution >= 4 is 5.94 Å². The molecule has 1 aliphatic heterocycles. The van der Waals surface area contributed by atoms with Crippen LogP contribution in [0, 0.1) is 0 Å². The molecule has 60 valence electrons. The van der Waals surface area contributed by atoms with Crippen molar-refractivity contribution in [3.05, 3.63) is 5.57 Å². The van der Waals surface area contributed by atoms with Crippen LogP contribution in [0.5, 0.6) is 0 Å². The van der Waals surface area contributed by atoms with Gasteiger partial charge in [-0.25, -0.2) is 4.79 Å². The Labute approximate surface area is 65.4 Å². The summed E-state index contributed by atoms with van der Waals surface area (Å²) in [5, 5.41) is 3.31. The monoisotopic (exact) mass is 153 g/mol. The van der Waals surface area contributed by atoms with Gasteiger partial charge in [-0.15, -0.1) is 0 Å². The molecule has 1 heterocycles. The lowest BCUT2D eigenvalue weighted by atomic mass is 10.3. The zero-order valence-corrected chi connectivity index (χ0v) is 6.35. The highest BCUT2D eigenvalue weighted by Crippen LogP contribution is 2.41. The first-order valence-electron chi connectivity index (χ1n) is 3.95. The minimum absolute atomic E-state index is 0.0990. The first-order valence-corrected chi connectivity index (χ1v) is 3.95. The molecule has 1 spiro atoms. The summed E-state index contributed by atoms with van der Waals surface area (Å²) in [5.41, 5.74) is 0.748. The topological polar surface area (TPSA) is 38.3 Å². The van der Waals surface area contributed by atoms with Gasteiger partial charge in [-0.05, 0) is 13.0 Å². The van der Waals surface area contributed by atoms with E-state index in [1.807, 2.05) is 5.94 Å². The van der Waals surface area contributed by atoms with E-state index in [0.29, 0.717) is 6.61 Å². The molecular formula is C8H11NO2. The van der Waals surface area contributed by atoms with Crippen molar-refractivity contribution in [3.8, 4) is 0 Å². The van der Waals surface area contributed by atoms with Crippen LogP contribution in [-0.2, 0) is 9.53 Å². The van der Waals surface area contributed by atoms with Gasteiger partial charge in [-0.1, -0.05) is 0 Å². The number of hydrogen-bond acceptors (Lipinski definition) is 3. The van der Waals surface area contributed by atoms with Gasteiger partial charge in [-0.3, -0.25) is 0 Å². The van der Waals surface area contributed by atoms with Crippen LogP contribution in [0.2, 0.25) is 0 Å². The van der Waals surface area contributed by atoms with Crippen LogP contribution >= 0.6 is 0 Å². The Balaban J connectivity index is 2.08. The third kappa shape index (κ3) is 1.11. The minimum Gasteiger partial charge on any atom is -0.379 e. The molecule has 0 radical (unpaired) electrons. The fraction of sp³-hybridized carbons (Fsp3) is 0.750. The van der Waals surface area contributed by atoms with Gasteiger partial charge in [0.05, 0.1) is 12.1 Å². The van der Waals surface area contributed by atoms with E-state index < -0.39 is 0 Å². The van der Waals surface area contributed by atoms with Crippen molar-refractivity contribution in [3.63, 3.8) is 0 Å². The summed E-state index contributed by atoms with van der Waals surface area (Å²) in [6.07, 6.45) is 1.87. The molecule has 0 amide bonds. The van der Waals surface area contributed by atoms with Crippen LogP contribution in [0.4, 0.5) is 0 Å².